The number of hydrogen-bond donors (Lipinski definition) is 1. The molecule has 0 bridgehead atoms. The predicted molar refractivity (Wildman–Crippen MR) is 107 cm³/mol. The van der Waals surface area contributed by atoms with Gasteiger partial charge in [0, 0.05) is 41.9 Å². The molecule has 2 aromatic carbocycles. The van der Waals surface area contributed by atoms with E-state index in [2.05, 4.69) is 15.0 Å². The molecule has 6 heteroatoms. The molecule has 0 aliphatic rings. The third-order valence-electron chi connectivity index (χ3n) is 4.46. The zero-order valence-electron chi connectivity index (χ0n) is 15.3. The van der Waals surface area contributed by atoms with Crippen molar-refractivity contribution in [1.82, 2.24) is 15.0 Å². The summed E-state index contributed by atoms with van der Waals surface area (Å²) in [6.07, 6.45) is 5.71. The van der Waals surface area contributed by atoms with Gasteiger partial charge >= 0.3 is 0 Å². The van der Waals surface area contributed by atoms with Crippen molar-refractivity contribution >= 4 is 16.9 Å². The summed E-state index contributed by atoms with van der Waals surface area (Å²) in [5.74, 6) is 0.904. The number of aryl methyl sites for hydroxylation is 1. The summed E-state index contributed by atoms with van der Waals surface area (Å²) < 4.78 is 5.99. The predicted octanol–water partition coefficient (Wildman–Crippen LogP) is 4.15. The van der Waals surface area contributed by atoms with Gasteiger partial charge in [-0.3, -0.25) is 19.7 Å². The SMILES string of the molecule is CCc1cc(-c2cc(Oc3ccc4nccnc4c3)ccn2)ccc1C(N)=O. The Bertz CT molecular complexity index is 1170. The molecule has 2 heterocycles. The van der Waals surface area contributed by atoms with Gasteiger partial charge in [0.15, 0.2) is 0 Å². The van der Waals surface area contributed by atoms with Gasteiger partial charge in [0.25, 0.3) is 0 Å². The van der Waals surface area contributed by atoms with Crippen LogP contribution in [0.2, 0.25) is 0 Å². The van der Waals surface area contributed by atoms with Crippen LogP contribution in [0.4, 0.5) is 0 Å². The zero-order valence-corrected chi connectivity index (χ0v) is 15.3. The van der Waals surface area contributed by atoms with Crippen LogP contribution in [0.15, 0.2) is 67.1 Å². The molecule has 2 N–H and O–H groups in total. The molecule has 28 heavy (non-hydrogen) atoms. The van der Waals surface area contributed by atoms with Crippen LogP contribution in [0.25, 0.3) is 22.3 Å². The van der Waals surface area contributed by atoms with E-state index in [-0.39, 0.29) is 0 Å². The van der Waals surface area contributed by atoms with Crippen LogP contribution in [0.3, 0.4) is 0 Å². The van der Waals surface area contributed by atoms with Crippen molar-refractivity contribution in [2.24, 2.45) is 5.73 Å². The minimum Gasteiger partial charge on any atom is -0.457 e. The Morgan fingerprint density at radius 3 is 2.46 bits per heavy atom. The maximum Gasteiger partial charge on any atom is 0.248 e. The number of pyridine rings is 1. The molecule has 6 nitrogen and oxygen atoms in total. The largest absolute Gasteiger partial charge is 0.457 e. The van der Waals surface area contributed by atoms with Crippen molar-refractivity contribution in [3.63, 3.8) is 0 Å². The van der Waals surface area contributed by atoms with E-state index in [4.69, 9.17) is 10.5 Å². The number of aromatic nitrogens is 3. The van der Waals surface area contributed by atoms with Crippen LogP contribution in [0.1, 0.15) is 22.8 Å². The van der Waals surface area contributed by atoms with Crippen molar-refractivity contribution in [1.29, 1.82) is 0 Å². The van der Waals surface area contributed by atoms with Crippen molar-refractivity contribution in [3.05, 3.63) is 78.2 Å². The fourth-order valence-corrected chi connectivity index (χ4v) is 3.06. The average Bonchev–Trinajstić information content (AvgIpc) is 2.73. The first-order valence-corrected chi connectivity index (χ1v) is 8.92. The Balaban J connectivity index is 1.65. The van der Waals surface area contributed by atoms with Gasteiger partial charge in [0.1, 0.15) is 11.5 Å². The molecule has 4 aromatic rings. The van der Waals surface area contributed by atoms with Gasteiger partial charge in [0.2, 0.25) is 5.91 Å². The summed E-state index contributed by atoms with van der Waals surface area (Å²) >= 11 is 0. The number of fused-ring (bicyclic) bond motifs is 1. The molecule has 0 atom stereocenters. The Hall–Kier alpha value is -3.80. The molecular weight excluding hydrogens is 352 g/mol. The first-order valence-electron chi connectivity index (χ1n) is 8.92. The average molecular weight is 370 g/mol. The third kappa shape index (κ3) is 3.53. The molecule has 0 radical (unpaired) electrons. The Morgan fingerprint density at radius 2 is 1.68 bits per heavy atom. The minimum atomic E-state index is -0.423. The number of amides is 1. The van der Waals surface area contributed by atoms with Crippen molar-refractivity contribution in [2.75, 3.05) is 0 Å². The third-order valence-corrected chi connectivity index (χ3v) is 4.46. The van der Waals surface area contributed by atoms with Crippen LogP contribution in [-0.2, 0) is 6.42 Å². The van der Waals surface area contributed by atoms with Gasteiger partial charge in [-0.25, -0.2) is 0 Å². The maximum absolute atomic E-state index is 11.6. The normalized spacial score (nSPS) is 10.8. The van der Waals surface area contributed by atoms with Gasteiger partial charge in [0.05, 0.1) is 16.7 Å². The van der Waals surface area contributed by atoms with Crippen molar-refractivity contribution < 1.29 is 9.53 Å². The van der Waals surface area contributed by atoms with Gasteiger partial charge in [-0.2, -0.15) is 0 Å². The molecule has 0 aliphatic carbocycles. The standard InChI is InChI=1S/C22H18N4O2/c1-2-14-11-15(3-5-18(14)22(23)27)20-12-17(7-8-24-20)28-16-4-6-19-21(13-16)26-10-9-25-19/h3-13H,2H2,1H3,(H2,23,27). The number of nitrogens with zero attached hydrogens (tertiary/aromatic N) is 3. The van der Waals surface area contributed by atoms with Gasteiger partial charge in [-0.15, -0.1) is 0 Å². The van der Waals surface area contributed by atoms with E-state index in [1.54, 1.807) is 30.7 Å². The number of primary amides is 1. The first kappa shape index (κ1) is 17.6. The summed E-state index contributed by atoms with van der Waals surface area (Å²) in [6.45, 7) is 1.99. The Morgan fingerprint density at radius 1 is 0.893 bits per heavy atom. The van der Waals surface area contributed by atoms with E-state index in [1.165, 1.54) is 0 Å². The maximum atomic E-state index is 11.6. The molecule has 0 fully saturated rings. The number of benzene rings is 2. The van der Waals surface area contributed by atoms with Gasteiger partial charge in [-0.05, 0) is 42.3 Å². The highest BCUT2D eigenvalue weighted by Gasteiger charge is 2.10. The quantitative estimate of drug-likeness (QED) is 0.570. The molecule has 138 valence electrons. The summed E-state index contributed by atoms with van der Waals surface area (Å²) in [4.78, 5) is 24.5. The molecular formula is C22H18N4O2. The topological polar surface area (TPSA) is 91.0 Å². The molecule has 0 saturated carbocycles. The Labute approximate surface area is 162 Å². The fraction of sp³-hybridized carbons (Fsp3) is 0.0909. The second-order valence-electron chi connectivity index (χ2n) is 6.28. The second kappa shape index (κ2) is 7.44. The molecule has 0 spiro atoms. The number of hydrogen-bond acceptors (Lipinski definition) is 5. The van der Waals surface area contributed by atoms with E-state index in [1.807, 2.05) is 43.3 Å². The summed E-state index contributed by atoms with van der Waals surface area (Å²) in [5.41, 5.74) is 10.1. The van der Waals surface area contributed by atoms with E-state index >= 15 is 0 Å². The monoisotopic (exact) mass is 370 g/mol. The number of carbonyl (C=O) groups is 1. The Kier molecular flexibility index (Phi) is 4.68. The van der Waals surface area contributed by atoms with E-state index < -0.39 is 5.91 Å². The van der Waals surface area contributed by atoms with Crippen molar-refractivity contribution in [2.45, 2.75) is 13.3 Å². The fourth-order valence-electron chi connectivity index (χ4n) is 3.06. The molecule has 1 amide bonds. The highest BCUT2D eigenvalue weighted by Crippen LogP contribution is 2.28. The van der Waals surface area contributed by atoms with E-state index in [9.17, 15) is 4.79 Å². The summed E-state index contributed by atoms with van der Waals surface area (Å²) in [6, 6.07) is 14.8. The van der Waals surface area contributed by atoms with Gasteiger partial charge in [-0.1, -0.05) is 13.0 Å². The van der Waals surface area contributed by atoms with Crippen molar-refractivity contribution in [3.8, 4) is 22.8 Å². The zero-order chi connectivity index (χ0) is 19.5. The van der Waals surface area contributed by atoms with Crippen LogP contribution in [-0.4, -0.2) is 20.9 Å². The highest BCUT2D eigenvalue weighted by molar-refractivity contribution is 5.95. The number of ether oxygens (including phenoxy) is 1. The molecule has 2 aromatic heterocycles. The minimum absolute atomic E-state index is 0.423. The lowest BCUT2D eigenvalue weighted by molar-refractivity contribution is 0.0999. The van der Waals surface area contributed by atoms with E-state index in [0.717, 1.165) is 27.9 Å². The molecule has 4 rings (SSSR count). The lowest BCUT2D eigenvalue weighted by Gasteiger charge is -2.10. The van der Waals surface area contributed by atoms with Crippen LogP contribution < -0.4 is 10.5 Å². The van der Waals surface area contributed by atoms with Crippen LogP contribution >= 0.6 is 0 Å². The molecule has 0 aliphatic heterocycles. The number of nitrogens with two attached hydrogens (primary N) is 1. The number of carbonyl (C=O) groups excluding carboxylic acids is 1. The first-order chi connectivity index (χ1) is 13.6. The lowest BCUT2D eigenvalue weighted by Crippen LogP contribution is -2.13. The summed E-state index contributed by atoms with van der Waals surface area (Å²) in [5, 5.41) is 0. The summed E-state index contributed by atoms with van der Waals surface area (Å²) in [7, 11) is 0. The number of rotatable bonds is 5. The smallest absolute Gasteiger partial charge is 0.248 e. The molecule has 0 saturated heterocycles. The van der Waals surface area contributed by atoms with Crippen LogP contribution in [0, 0.1) is 0 Å². The van der Waals surface area contributed by atoms with E-state index in [0.29, 0.717) is 23.5 Å². The van der Waals surface area contributed by atoms with Crippen LogP contribution in [0.5, 0.6) is 11.5 Å². The highest BCUT2D eigenvalue weighted by atomic mass is 16.5. The molecule has 0 unspecified atom stereocenters. The lowest BCUT2D eigenvalue weighted by atomic mass is 9.99. The van der Waals surface area contributed by atoms with Gasteiger partial charge < -0.3 is 10.5 Å². The second-order valence-corrected chi connectivity index (χ2v) is 6.28.